The van der Waals surface area contributed by atoms with Crippen molar-refractivity contribution in [2.45, 2.75) is 63.2 Å². The third kappa shape index (κ3) is 8.56. The van der Waals surface area contributed by atoms with Gasteiger partial charge in [-0.05, 0) is 24.5 Å². The molecule has 1 rings (SSSR count). The van der Waals surface area contributed by atoms with E-state index in [2.05, 4.69) is 6.92 Å². The molecule has 0 amide bonds. The molecule has 1 N–H and O–H groups in total. The Morgan fingerprint density at radius 3 is 2.09 bits per heavy atom. The Balaban J connectivity index is 0. The molecule has 1 aromatic rings. The van der Waals surface area contributed by atoms with Crippen molar-refractivity contribution in [1.29, 1.82) is 0 Å². The van der Waals surface area contributed by atoms with Crippen LogP contribution in [0.15, 0.2) is 23.1 Å². The molecule has 22 heavy (non-hydrogen) atoms. The minimum absolute atomic E-state index is 0. The summed E-state index contributed by atoms with van der Waals surface area (Å²) in [6, 6.07) is 4.40. The number of phenols is 1. The minimum atomic E-state index is -4.62. The molecule has 0 saturated carbocycles. The number of phenolic OH excluding ortho intramolecular Hbond substituents is 1. The van der Waals surface area contributed by atoms with Crippen molar-refractivity contribution >= 4 is 10.1 Å². The summed E-state index contributed by atoms with van der Waals surface area (Å²) in [5.41, 5.74) is 0.425. The summed E-state index contributed by atoms with van der Waals surface area (Å²) in [7, 11) is -4.62. The van der Waals surface area contributed by atoms with Crippen LogP contribution in [0.25, 0.3) is 0 Å². The SMILES string of the molecule is CCCCCCCCCc1cccc(O)c1S(=O)(=O)[O-].[Cu+].[Cu+]. The molecule has 0 aliphatic heterocycles. The minimum Gasteiger partial charge on any atom is -0.744 e. The zero-order chi connectivity index (χ0) is 15.0. The van der Waals surface area contributed by atoms with Crippen molar-refractivity contribution in [1.82, 2.24) is 0 Å². The number of aryl methyl sites for hydroxylation is 1. The second-order valence-corrected chi connectivity index (χ2v) is 6.41. The molecule has 0 radical (unpaired) electrons. The molecule has 0 saturated heterocycles. The van der Waals surface area contributed by atoms with E-state index >= 15 is 0 Å². The quantitative estimate of drug-likeness (QED) is 0.372. The van der Waals surface area contributed by atoms with E-state index in [0.717, 1.165) is 19.3 Å². The molecule has 134 valence electrons. The number of unbranched alkanes of at least 4 members (excludes halogenated alkanes) is 6. The van der Waals surface area contributed by atoms with Gasteiger partial charge < -0.3 is 9.66 Å². The van der Waals surface area contributed by atoms with Crippen molar-refractivity contribution in [3.63, 3.8) is 0 Å². The monoisotopic (exact) mass is 425 g/mol. The number of rotatable bonds is 9. The number of hydrogen-bond acceptors (Lipinski definition) is 4. The Kier molecular flexibility index (Phi) is 13.7. The summed E-state index contributed by atoms with van der Waals surface area (Å²) in [4.78, 5) is -0.453. The normalized spacial score (nSPS) is 10.6. The summed E-state index contributed by atoms with van der Waals surface area (Å²) in [5, 5.41) is 9.55. The molecule has 0 heterocycles. The zero-order valence-corrected chi connectivity index (χ0v) is 15.3. The summed E-state index contributed by atoms with van der Waals surface area (Å²) in [6.45, 7) is 2.17. The maximum absolute atomic E-state index is 11.2. The van der Waals surface area contributed by atoms with Gasteiger partial charge in [-0.15, -0.1) is 0 Å². The van der Waals surface area contributed by atoms with Crippen LogP contribution in [0.5, 0.6) is 5.75 Å². The fraction of sp³-hybridized carbons (Fsp3) is 0.600. The van der Waals surface area contributed by atoms with E-state index in [1.54, 1.807) is 12.1 Å². The number of benzene rings is 1. The van der Waals surface area contributed by atoms with E-state index in [9.17, 15) is 18.1 Å². The summed E-state index contributed by atoms with van der Waals surface area (Å²) >= 11 is 0. The van der Waals surface area contributed by atoms with Gasteiger partial charge in [-0.25, -0.2) is 8.42 Å². The van der Waals surface area contributed by atoms with Gasteiger partial charge in [0, 0.05) is 0 Å². The van der Waals surface area contributed by atoms with Gasteiger partial charge in [0.05, 0.1) is 4.90 Å². The molecule has 0 bridgehead atoms. The Labute approximate surface area is 154 Å². The molecular formula is C15H23Cu2O4S+. The van der Waals surface area contributed by atoms with Gasteiger partial charge in [-0.3, -0.25) is 0 Å². The van der Waals surface area contributed by atoms with Gasteiger partial charge >= 0.3 is 34.1 Å². The molecule has 0 spiro atoms. The maximum atomic E-state index is 11.2. The molecule has 1 aromatic carbocycles. The van der Waals surface area contributed by atoms with Crippen LogP contribution in [-0.2, 0) is 50.7 Å². The third-order valence-corrected chi connectivity index (χ3v) is 4.35. The third-order valence-electron chi connectivity index (χ3n) is 3.38. The molecule has 0 aromatic heterocycles. The first-order chi connectivity index (χ1) is 9.46. The Hall–Kier alpha value is -0.0310. The van der Waals surface area contributed by atoms with Crippen LogP contribution in [0.3, 0.4) is 0 Å². The van der Waals surface area contributed by atoms with Crippen LogP contribution in [0, 0.1) is 0 Å². The van der Waals surface area contributed by atoms with E-state index < -0.39 is 20.8 Å². The first-order valence-electron chi connectivity index (χ1n) is 7.23. The van der Waals surface area contributed by atoms with E-state index in [4.69, 9.17) is 0 Å². The van der Waals surface area contributed by atoms with Crippen molar-refractivity contribution in [2.75, 3.05) is 0 Å². The summed E-state index contributed by atoms with van der Waals surface area (Å²) < 4.78 is 33.5. The van der Waals surface area contributed by atoms with E-state index in [1.165, 1.54) is 31.7 Å². The number of hydrogen-bond donors (Lipinski definition) is 1. The van der Waals surface area contributed by atoms with Gasteiger partial charge in [-0.2, -0.15) is 0 Å². The van der Waals surface area contributed by atoms with Gasteiger partial charge in [-0.1, -0.05) is 57.6 Å². The smallest absolute Gasteiger partial charge is 0.744 e. The second kappa shape index (κ2) is 12.4. The summed E-state index contributed by atoms with van der Waals surface area (Å²) in [6.07, 6.45) is 8.38. The standard InChI is InChI=1S/C15H24O4S.2Cu/c1-2-3-4-5-6-7-8-10-13-11-9-12-14(16)15(13)20(17,18)19;;/h9,11-12,16H,2-8,10H2,1H3,(H,17,18,19);;/q;2*+1/p-1. The van der Waals surface area contributed by atoms with Gasteiger partial charge in [0.2, 0.25) is 0 Å². The molecule has 0 aliphatic rings. The first kappa shape index (κ1) is 24.2. The van der Waals surface area contributed by atoms with Gasteiger partial charge in [0.15, 0.2) is 0 Å². The van der Waals surface area contributed by atoms with Crippen molar-refractivity contribution in [3.05, 3.63) is 23.8 Å². The molecule has 0 fully saturated rings. The fourth-order valence-corrected chi connectivity index (χ4v) is 3.14. The summed E-state index contributed by atoms with van der Waals surface area (Å²) in [5.74, 6) is -0.444. The molecule has 0 unspecified atom stereocenters. The second-order valence-electron chi connectivity index (χ2n) is 5.09. The number of aromatic hydroxyl groups is 1. The Morgan fingerprint density at radius 2 is 1.55 bits per heavy atom. The molecule has 4 nitrogen and oxygen atoms in total. The Bertz CT molecular complexity index is 518. The average molecular weight is 427 g/mol. The van der Waals surface area contributed by atoms with Crippen LogP contribution < -0.4 is 0 Å². The van der Waals surface area contributed by atoms with Gasteiger partial charge in [0.1, 0.15) is 15.9 Å². The average Bonchev–Trinajstić information content (AvgIpc) is 2.36. The van der Waals surface area contributed by atoms with E-state index in [-0.39, 0.29) is 34.1 Å². The van der Waals surface area contributed by atoms with Crippen LogP contribution >= 0.6 is 0 Å². The van der Waals surface area contributed by atoms with E-state index in [1.807, 2.05) is 0 Å². The molecular weight excluding hydrogens is 403 g/mol. The molecule has 7 heteroatoms. The van der Waals surface area contributed by atoms with E-state index in [0.29, 0.717) is 12.0 Å². The van der Waals surface area contributed by atoms with Crippen LogP contribution in [0.1, 0.15) is 57.4 Å². The van der Waals surface area contributed by atoms with Crippen LogP contribution in [-0.4, -0.2) is 18.1 Å². The van der Waals surface area contributed by atoms with Crippen molar-refractivity contribution in [2.24, 2.45) is 0 Å². The van der Waals surface area contributed by atoms with Crippen LogP contribution in [0.4, 0.5) is 0 Å². The topological polar surface area (TPSA) is 77.4 Å². The predicted octanol–water partition coefficient (Wildman–Crippen LogP) is 3.58. The molecule has 0 atom stereocenters. The largest absolute Gasteiger partial charge is 1.00 e. The zero-order valence-electron chi connectivity index (χ0n) is 12.6. The van der Waals surface area contributed by atoms with Crippen LogP contribution in [0.2, 0.25) is 0 Å². The van der Waals surface area contributed by atoms with Crippen molar-refractivity contribution < 1.29 is 52.2 Å². The predicted molar refractivity (Wildman–Crippen MR) is 77.8 cm³/mol. The van der Waals surface area contributed by atoms with Crippen molar-refractivity contribution in [3.8, 4) is 5.75 Å². The molecule has 0 aliphatic carbocycles. The van der Waals surface area contributed by atoms with Gasteiger partial charge in [0.25, 0.3) is 0 Å². The first-order valence-corrected chi connectivity index (χ1v) is 8.64. The Morgan fingerprint density at radius 1 is 1.00 bits per heavy atom. The fourth-order valence-electron chi connectivity index (χ4n) is 2.33. The maximum Gasteiger partial charge on any atom is 1.00 e.